The van der Waals surface area contributed by atoms with Crippen molar-refractivity contribution in [3.05, 3.63) is 0 Å². The summed E-state index contributed by atoms with van der Waals surface area (Å²) in [4.78, 5) is 0. The highest BCUT2D eigenvalue weighted by Gasteiger charge is 2.05. The number of rotatable bonds is 15. The molecule has 0 radical (unpaired) electrons. The second kappa shape index (κ2) is 18.6. The quantitative estimate of drug-likeness (QED) is 0.0934. The Morgan fingerprint density at radius 2 is 1.21 bits per heavy atom. The van der Waals surface area contributed by atoms with Gasteiger partial charge in [0.2, 0.25) is 12.6 Å². The van der Waals surface area contributed by atoms with Gasteiger partial charge in [-0.1, -0.05) is 21.6 Å². The standard InChI is InChI=1S/C12H24O4P2S6/c1-11(13-3)15-17(19)7-5-9-21-23-24-22-10-6-8-18(20)16-12(2)14-4/h7-8,11-12H,5-6,9-10H2,1-4H3. The highest BCUT2D eigenvalue weighted by Crippen LogP contribution is 2.43. The van der Waals surface area contributed by atoms with Gasteiger partial charge in [0.05, 0.1) is 11.6 Å². The molecule has 0 aromatic rings. The molecular formula is C12H24O4P2S6. The zero-order valence-corrected chi connectivity index (χ0v) is 20.8. The van der Waals surface area contributed by atoms with Crippen molar-refractivity contribution in [2.24, 2.45) is 0 Å². The van der Waals surface area contributed by atoms with Gasteiger partial charge in [0.15, 0.2) is 0 Å². The maximum absolute atomic E-state index is 5.47. The monoisotopic (exact) mass is 486 g/mol. The molecular weight excluding hydrogens is 462 g/mol. The number of hydrogen-bond donors (Lipinski definition) is 0. The average Bonchev–Trinajstić information content (AvgIpc) is 2.56. The molecule has 0 aliphatic heterocycles. The van der Waals surface area contributed by atoms with Crippen LogP contribution in [-0.2, 0) is 43.0 Å². The first-order valence-electron chi connectivity index (χ1n) is 7.05. The van der Waals surface area contributed by atoms with Crippen molar-refractivity contribution in [1.82, 2.24) is 0 Å². The molecule has 0 aliphatic rings. The maximum atomic E-state index is 5.47. The van der Waals surface area contributed by atoms with E-state index in [1.54, 1.807) is 33.9 Å². The topological polar surface area (TPSA) is 36.9 Å². The Balaban J connectivity index is 3.48. The lowest BCUT2D eigenvalue weighted by Gasteiger charge is -2.06. The van der Waals surface area contributed by atoms with E-state index >= 15 is 0 Å². The SMILES string of the molecule is COC(C)O[P+]([S-])=CCCSSSSCCC=[P+]([S-])OC(C)OC. The molecule has 4 unspecified atom stereocenters. The predicted molar refractivity (Wildman–Crippen MR) is 125 cm³/mol. The van der Waals surface area contributed by atoms with Gasteiger partial charge in [-0.3, -0.25) is 0 Å². The van der Waals surface area contributed by atoms with Crippen LogP contribution in [0.5, 0.6) is 0 Å². The first kappa shape index (κ1) is 26.3. The minimum atomic E-state index is -0.907. The van der Waals surface area contributed by atoms with Gasteiger partial charge in [-0.05, 0) is 33.5 Å². The number of ether oxygens (including phenoxy) is 2. The van der Waals surface area contributed by atoms with Gasteiger partial charge in [0.1, 0.15) is 13.9 Å². The molecule has 0 bridgehead atoms. The van der Waals surface area contributed by atoms with Gasteiger partial charge in [0, 0.05) is 38.6 Å². The maximum Gasteiger partial charge on any atom is 0.202 e. The molecule has 0 rings (SSSR count). The number of hydrogen-bond acceptors (Lipinski definition) is 10. The van der Waals surface area contributed by atoms with E-state index in [-0.39, 0.29) is 12.6 Å². The fourth-order valence-electron chi connectivity index (χ4n) is 0.985. The van der Waals surface area contributed by atoms with Gasteiger partial charge in [-0.2, -0.15) is 9.05 Å². The van der Waals surface area contributed by atoms with Crippen LogP contribution >= 0.6 is 55.2 Å². The second-order valence-corrected chi connectivity index (χ2v) is 14.8. The third kappa shape index (κ3) is 17.7. The van der Waals surface area contributed by atoms with Crippen LogP contribution in [0.25, 0.3) is 0 Å². The fourth-order valence-corrected chi connectivity index (χ4v) is 10.2. The summed E-state index contributed by atoms with van der Waals surface area (Å²) in [5, 5.41) is 0. The Morgan fingerprint density at radius 1 is 0.833 bits per heavy atom. The minimum Gasteiger partial charge on any atom is -0.456 e. The molecule has 142 valence electrons. The summed E-state index contributed by atoms with van der Waals surface area (Å²) < 4.78 is 21.0. The lowest BCUT2D eigenvalue weighted by molar-refractivity contribution is -0.0275. The molecule has 0 aromatic carbocycles. The molecule has 0 N–H and O–H groups in total. The van der Waals surface area contributed by atoms with E-state index in [4.69, 9.17) is 43.0 Å². The zero-order valence-electron chi connectivity index (χ0n) is 14.1. The summed E-state index contributed by atoms with van der Waals surface area (Å²) in [6.07, 6.45) is 1.46. The van der Waals surface area contributed by atoms with Crippen molar-refractivity contribution in [2.45, 2.75) is 39.3 Å². The summed E-state index contributed by atoms with van der Waals surface area (Å²) in [6, 6.07) is 0. The van der Waals surface area contributed by atoms with Crippen molar-refractivity contribution in [3.8, 4) is 0 Å². The van der Waals surface area contributed by atoms with Crippen LogP contribution in [-0.4, -0.2) is 49.9 Å². The first-order valence-corrected chi connectivity index (χ1v) is 16.9. The summed E-state index contributed by atoms with van der Waals surface area (Å²) in [5.41, 5.74) is 0. The molecule has 0 amide bonds. The molecule has 0 spiro atoms. The lowest BCUT2D eigenvalue weighted by Crippen LogP contribution is -2.04. The molecule has 0 aromatic heterocycles. The van der Waals surface area contributed by atoms with Gasteiger partial charge in [-0.15, -0.1) is 0 Å². The van der Waals surface area contributed by atoms with Crippen molar-refractivity contribution in [2.75, 3.05) is 25.7 Å². The summed E-state index contributed by atoms with van der Waals surface area (Å²) in [5.74, 6) is 6.19. The van der Waals surface area contributed by atoms with Crippen molar-refractivity contribution < 1.29 is 18.5 Å². The first-order chi connectivity index (χ1) is 11.5. The van der Waals surface area contributed by atoms with Crippen molar-refractivity contribution in [3.63, 3.8) is 0 Å². The van der Waals surface area contributed by atoms with E-state index in [1.807, 2.05) is 35.4 Å². The summed E-state index contributed by atoms with van der Waals surface area (Å²) >= 11 is 10.5. The Morgan fingerprint density at radius 3 is 1.54 bits per heavy atom. The molecule has 0 saturated heterocycles. The van der Waals surface area contributed by atoms with Crippen LogP contribution in [0.3, 0.4) is 0 Å². The van der Waals surface area contributed by atoms with Crippen molar-refractivity contribution >= 4 is 91.3 Å². The van der Waals surface area contributed by atoms with Crippen molar-refractivity contribution in [1.29, 1.82) is 0 Å². The van der Waals surface area contributed by atoms with Crippen LogP contribution in [0, 0.1) is 0 Å². The highest BCUT2D eigenvalue weighted by atomic mass is 33.7. The van der Waals surface area contributed by atoms with Crippen LogP contribution in [0.2, 0.25) is 0 Å². The van der Waals surface area contributed by atoms with Gasteiger partial charge < -0.3 is 34.0 Å². The summed E-state index contributed by atoms with van der Waals surface area (Å²) in [7, 11) is 10.5. The van der Waals surface area contributed by atoms with Gasteiger partial charge >= 0.3 is 0 Å². The summed E-state index contributed by atoms with van der Waals surface area (Å²) in [6.45, 7) is 1.89. The molecule has 24 heavy (non-hydrogen) atoms. The molecule has 0 aliphatic carbocycles. The van der Waals surface area contributed by atoms with E-state index in [2.05, 4.69) is 11.6 Å². The third-order valence-corrected chi connectivity index (χ3v) is 12.3. The minimum absolute atomic E-state index is 0.227. The normalized spacial score (nSPS) is 15.6. The molecule has 12 heteroatoms. The Hall–Kier alpha value is 2.28. The lowest BCUT2D eigenvalue weighted by atomic mass is 10.6. The van der Waals surface area contributed by atoms with Crippen LogP contribution in [0.15, 0.2) is 0 Å². The van der Waals surface area contributed by atoms with E-state index in [0.717, 1.165) is 24.3 Å². The van der Waals surface area contributed by atoms with Crippen LogP contribution < -0.4 is 0 Å². The highest BCUT2D eigenvalue weighted by molar-refractivity contribution is 9.26. The molecule has 4 atom stereocenters. The van der Waals surface area contributed by atoms with E-state index < -0.39 is 13.9 Å². The zero-order chi connectivity index (χ0) is 18.2. The van der Waals surface area contributed by atoms with Gasteiger partial charge in [0.25, 0.3) is 0 Å². The second-order valence-electron chi connectivity index (χ2n) is 4.11. The Kier molecular flexibility index (Phi) is 20.4. The van der Waals surface area contributed by atoms with Gasteiger partial charge in [-0.25, -0.2) is 0 Å². The average molecular weight is 487 g/mol. The fraction of sp³-hybridized carbons (Fsp3) is 0.833. The molecule has 0 heterocycles. The Bertz CT molecular complexity index is 341. The van der Waals surface area contributed by atoms with E-state index in [1.165, 1.54) is 0 Å². The Labute approximate surface area is 173 Å². The molecule has 0 fully saturated rings. The predicted octanol–water partition coefficient (Wildman–Crippen LogP) is 5.78. The largest absolute Gasteiger partial charge is 0.456 e. The van der Waals surface area contributed by atoms with E-state index in [0.29, 0.717) is 0 Å². The van der Waals surface area contributed by atoms with E-state index in [9.17, 15) is 0 Å². The smallest absolute Gasteiger partial charge is 0.202 e. The molecule has 0 saturated carbocycles. The number of methoxy groups -OCH3 is 2. The molecule has 4 nitrogen and oxygen atoms in total. The van der Waals surface area contributed by atoms with Crippen LogP contribution in [0.4, 0.5) is 0 Å². The van der Waals surface area contributed by atoms with Crippen LogP contribution in [0.1, 0.15) is 26.7 Å². The third-order valence-electron chi connectivity index (χ3n) is 2.25.